The number of hydrogen-bond acceptors (Lipinski definition) is 3. The fourth-order valence-electron chi connectivity index (χ4n) is 3.44. The summed E-state index contributed by atoms with van der Waals surface area (Å²) < 4.78 is 19.1. The second-order valence-corrected chi connectivity index (χ2v) is 10.4. The summed E-state index contributed by atoms with van der Waals surface area (Å²) in [4.78, 5) is 27.7. The molecule has 0 unspecified atom stereocenters. The van der Waals surface area contributed by atoms with Crippen molar-refractivity contribution >= 4 is 11.8 Å². The zero-order valence-corrected chi connectivity index (χ0v) is 20.9. The molecule has 0 spiro atoms. The predicted octanol–water partition coefficient (Wildman–Crippen LogP) is 5.22. The van der Waals surface area contributed by atoms with Gasteiger partial charge in [0, 0.05) is 12.1 Å². The molecule has 180 valence electrons. The number of amides is 2. The zero-order chi connectivity index (χ0) is 24.8. The molecule has 33 heavy (non-hydrogen) atoms. The largest absolute Gasteiger partial charge is 0.484 e. The number of ether oxygens (including phenoxy) is 1. The standard InChI is InChI=1S/C27H37FN2O3/c1-8-23(25(32)29-27(5,6)7)30(17-19-9-13-21(28)14-10-19)24(31)18-33-22-15-11-20(12-16-22)26(2,3)4/h9-16,23H,8,17-18H2,1-7H3,(H,29,32)/t23-/m0/s1. The van der Waals surface area contributed by atoms with Crippen molar-refractivity contribution in [3.8, 4) is 5.75 Å². The van der Waals surface area contributed by atoms with E-state index in [9.17, 15) is 14.0 Å². The van der Waals surface area contributed by atoms with Gasteiger partial charge in [-0.05, 0) is 68.0 Å². The first-order chi connectivity index (χ1) is 15.3. The number of carbonyl (C=O) groups excluding carboxylic acids is 2. The molecule has 5 nitrogen and oxygen atoms in total. The molecule has 0 bridgehead atoms. The minimum absolute atomic E-state index is 0.0229. The summed E-state index contributed by atoms with van der Waals surface area (Å²) in [6.45, 7) is 13.9. The highest BCUT2D eigenvalue weighted by Gasteiger charge is 2.31. The SMILES string of the molecule is CC[C@@H](C(=O)NC(C)(C)C)N(Cc1ccc(F)cc1)C(=O)COc1ccc(C(C)(C)C)cc1. The van der Waals surface area contributed by atoms with Gasteiger partial charge in [-0.2, -0.15) is 0 Å². The molecular formula is C27H37FN2O3. The van der Waals surface area contributed by atoms with E-state index in [1.54, 1.807) is 12.1 Å². The van der Waals surface area contributed by atoms with Crippen LogP contribution in [-0.4, -0.2) is 34.9 Å². The highest BCUT2D eigenvalue weighted by Crippen LogP contribution is 2.24. The van der Waals surface area contributed by atoms with Gasteiger partial charge in [-0.25, -0.2) is 4.39 Å². The van der Waals surface area contributed by atoms with Gasteiger partial charge in [-0.15, -0.1) is 0 Å². The van der Waals surface area contributed by atoms with Crippen molar-refractivity contribution in [3.63, 3.8) is 0 Å². The summed E-state index contributed by atoms with van der Waals surface area (Å²) in [7, 11) is 0. The Balaban J connectivity index is 2.20. The van der Waals surface area contributed by atoms with E-state index < -0.39 is 11.6 Å². The molecule has 2 amide bonds. The number of carbonyl (C=O) groups is 2. The molecule has 0 aliphatic carbocycles. The first-order valence-electron chi connectivity index (χ1n) is 11.4. The van der Waals surface area contributed by atoms with Gasteiger partial charge in [0.25, 0.3) is 5.91 Å². The summed E-state index contributed by atoms with van der Waals surface area (Å²) in [6, 6.07) is 12.9. The van der Waals surface area contributed by atoms with E-state index in [1.807, 2.05) is 52.0 Å². The smallest absolute Gasteiger partial charge is 0.261 e. The molecule has 0 saturated heterocycles. The molecule has 0 aromatic heterocycles. The van der Waals surface area contributed by atoms with Gasteiger partial charge in [-0.3, -0.25) is 9.59 Å². The summed E-state index contributed by atoms with van der Waals surface area (Å²) in [6.07, 6.45) is 0.440. The number of nitrogens with zero attached hydrogens (tertiary/aromatic N) is 1. The van der Waals surface area contributed by atoms with Crippen molar-refractivity contribution < 1.29 is 18.7 Å². The number of hydrogen-bond donors (Lipinski definition) is 1. The first kappa shape index (κ1) is 26.4. The summed E-state index contributed by atoms with van der Waals surface area (Å²) in [5.74, 6) is -0.299. The van der Waals surface area contributed by atoms with Crippen LogP contribution < -0.4 is 10.1 Å². The minimum atomic E-state index is -0.673. The fraction of sp³-hybridized carbons (Fsp3) is 0.481. The van der Waals surface area contributed by atoms with Crippen LogP contribution in [0, 0.1) is 5.82 Å². The van der Waals surface area contributed by atoms with Crippen LogP contribution in [0.5, 0.6) is 5.75 Å². The second-order valence-electron chi connectivity index (χ2n) is 10.4. The molecular weight excluding hydrogens is 419 g/mol. The van der Waals surface area contributed by atoms with Crippen LogP contribution in [0.2, 0.25) is 0 Å². The molecule has 1 N–H and O–H groups in total. The van der Waals surface area contributed by atoms with Gasteiger partial charge >= 0.3 is 0 Å². The Kier molecular flexibility index (Phi) is 8.64. The van der Waals surface area contributed by atoms with Crippen LogP contribution in [0.1, 0.15) is 66.0 Å². The maximum atomic E-state index is 13.4. The first-order valence-corrected chi connectivity index (χ1v) is 11.4. The van der Waals surface area contributed by atoms with Gasteiger partial charge in [0.1, 0.15) is 17.6 Å². The van der Waals surface area contributed by atoms with Crippen LogP contribution in [0.25, 0.3) is 0 Å². The Bertz CT molecular complexity index is 926. The topological polar surface area (TPSA) is 58.6 Å². The van der Waals surface area contributed by atoms with Crippen molar-refractivity contribution in [2.75, 3.05) is 6.61 Å². The molecule has 0 radical (unpaired) electrons. The lowest BCUT2D eigenvalue weighted by molar-refractivity contribution is -0.143. The maximum Gasteiger partial charge on any atom is 0.261 e. The third-order valence-electron chi connectivity index (χ3n) is 5.23. The third-order valence-corrected chi connectivity index (χ3v) is 5.23. The van der Waals surface area contributed by atoms with Crippen LogP contribution in [0.4, 0.5) is 4.39 Å². The molecule has 0 fully saturated rings. The van der Waals surface area contributed by atoms with Gasteiger partial charge < -0.3 is 15.0 Å². The Labute approximate surface area is 197 Å². The Morgan fingerprint density at radius 3 is 2.03 bits per heavy atom. The van der Waals surface area contributed by atoms with Crippen LogP contribution in [-0.2, 0) is 21.5 Å². The van der Waals surface area contributed by atoms with Gasteiger partial charge in [0.05, 0.1) is 0 Å². The monoisotopic (exact) mass is 456 g/mol. The number of nitrogens with one attached hydrogen (secondary N) is 1. The summed E-state index contributed by atoms with van der Waals surface area (Å²) in [5, 5.41) is 2.96. The molecule has 0 aliphatic heterocycles. The van der Waals surface area contributed by atoms with E-state index in [-0.39, 0.29) is 36.2 Å². The molecule has 2 rings (SSSR count). The lowest BCUT2D eigenvalue weighted by atomic mass is 9.87. The van der Waals surface area contributed by atoms with Crippen molar-refractivity contribution in [2.45, 2.75) is 78.4 Å². The number of halogens is 1. The average molecular weight is 457 g/mol. The lowest BCUT2D eigenvalue weighted by Crippen LogP contribution is -2.54. The molecule has 1 atom stereocenters. The van der Waals surface area contributed by atoms with Crippen molar-refractivity contribution in [1.82, 2.24) is 10.2 Å². The van der Waals surface area contributed by atoms with E-state index >= 15 is 0 Å². The minimum Gasteiger partial charge on any atom is -0.484 e. The molecule has 2 aromatic carbocycles. The highest BCUT2D eigenvalue weighted by molar-refractivity contribution is 5.88. The Hall–Kier alpha value is -2.89. The summed E-state index contributed by atoms with van der Waals surface area (Å²) >= 11 is 0. The molecule has 0 heterocycles. The van der Waals surface area contributed by atoms with Crippen molar-refractivity contribution in [1.29, 1.82) is 0 Å². The molecule has 2 aromatic rings. The third kappa shape index (κ3) is 8.19. The number of benzene rings is 2. The number of rotatable bonds is 8. The molecule has 0 saturated carbocycles. The molecule has 6 heteroatoms. The lowest BCUT2D eigenvalue weighted by Gasteiger charge is -2.33. The van der Waals surface area contributed by atoms with Crippen molar-refractivity contribution in [2.24, 2.45) is 0 Å². The van der Waals surface area contributed by atoms with E-state index in [4.69, 9.17) is 4.74 Å². The van der Waals surface area contributed by atoms with E-state index in [1.165, 1.54) is 22.6 Å². The normalized spacial score (nSPS) is 12.7. The Morgan fingerprint density at radius 1 is 0.970 bits per heavy atom. The average Bonchev–Trinajstić information content (AvgIpc) is 2.71. The van der Waals surface area contributed by atoms with Gasteiger partial charge in [0.2, 0.25) is 5.91 Å². The van der Waals surface area contributed by atoms with Gasteiger partial charge in [0.15, 0.2) is 6.61 Å². The van der Waals surface area contributed by atoms with E-state index in [2.05, 4.69) is 26.1 Å². The van der Waals surface area contributed by atoms with Gasteiger partial charge in [-0.1, -0.05) is 52.0 Å². The summed E-state index contributed by atoms with van der Waals surface area (Å²) in [5.41, 5.74) is 1.50. The van der Waals surface area contributed by atoms with Crippen LogP contribution >= 0.6 is 0 Å². The molecule has 0 aliphatic rings. The second kappa shape index (κ2) is 10.8. The fourth-order valence-corrected chi connectivity index (χ4v) is 3.44. The highest BCUT2D eigenvalue weighted by atomic mass is 19.1. The Morgan fingerprint density at radius 2 is 1.55 bits per heavy atom. The van der Waals surface area contributed by atoms with E-state index in [0.717, 1.165) is 5.56 Å². The van der Waals surface area contributed by atoms with Crippen molar-refractivity contribution in [3.05, 3.63) is 65.5 Å². The predicted molar refractivity (Wildman–Crippen MR) is 130 cm³/mol. The van der Waals surface area contributed by atoms with E-state index in [0.29, 0.717) is 12.2 Å². The van der Waals surface area contributed by atoms with Crippen LogP contribution in [0.15, 0.2) is 48.5 Å². The quantitative estimate of drug-likeness (QED) is 0.592. The zero-order valence-electron chi connectivity index (χ0n) is 20.9. The maximum absolute atomic E-state index is 13.4. The van der Waals surface area contributed by atoms with Crippen LogP contribution in [0.3, 0.4) is 0 Å².